The van der Waals surface area contributed by atoms with E-state index >= 15 is 0 Å². The van der Waals surface area contributed by atoms with Crippen molar-refractivity contribution in [3.63, 3.8) is 0 Å². The van der Waals surface area contributed by atoms with Crippen molar-refractivity contribution in [3.8, 4) is 17.2 Å². The van der Waals surface area contributed by atoms with E-state index in [0.717, 1.165) is 22.8 Å². The first-order chi connectivity index (χ1) is 8.45. The molecule has 0 spiro atoms. The molecule has 1 aromatic carbocycles. The minimum absolute atomic E-state index is 0. The summed E-state index contributed by atoms with van der Waals surface area (Å²) in [6, 6.07) is 3.78. The smallest absolute Gasteiger partial charge is 0.665 e. The fraction of sp³-hybridized carbons (Fsp3) is 0.467. The molecule has 2 N–H and O–H groups in total. The standard InChI is InChI=1S/C11H13O3.C4H9.H2O.W/c1-7(2)8-4-10-11(14-6-13-10)5-9(8)12-3;1-4(2)3;;/h4-5,7H,3,6H2,1-2H3;4H,1H2,2-3H3;1H2;/q2*-1;;+2. The van der Waals surface area contributed by atoms with Crippen LogP contribution < -0.4 is 14.2 Å². The van der Waals surface area contributed by atoms with Crippen LogP contribution in [-0.4, -0.2) is 12.3 Å². The van der Waals surface area contributed by atoms with Gasteiger partial charge in [-0.25, -0.2) is 0 Å². The summed E-state index contributed by atoms with van der Waals surface area (Å²) in [6.45, 7) is 12.2. The minimum Gasteiger partial charge on any atom is -0.665 e. The van der Waals surface area contributed by atoms with Crippen LogP contribution in [0.1, 0.15) is 39.2 Å². The molecule has 0 bridgehead atoms. The molecule has 0 saturated heterocycles. The Balaban J connectivity index is 0. The molecule has 0 atom stereocenters. The molecule has 5 heteroatoms. The van der Waals surface area contributed by atoms with E-state index in [9.17, 15) is 0 Å². The van der Waals surface area contributed by atoms with E-state index in [-0.39, 0.29) is 33.3 Å². The normalized spacial score (nSPS) is 11.2. The quantitative estimate of drug-likeness (QED) is 0.647. The Hall–Kier alpha value is -0.732. The zero-order valence-electron chi connectivity index (χ0n) is 12.6. The number of hydrogen-bond donors (Lipinski definition) is 0. The van der Waals surface area contributed by atoms with Gasteiger partial charge in [0.2, 0.25) is 6.79 Å². The Kier molecular flexibility index (Phi) is 10.8. The van der Waals surface area contributed by atoms with Gasteiger partial charge in [-0.15, -0.1) is 0 Å². The van der Waals surface area contributed by atoms with E-state index in [0.29, 0.717) is 11.8 Å². The summed E-state index contributed by atoms with van der Waals surface area (Å²) in [7, 11) is 3.43. The molecule has 0 saturated carbocycles. The van der Waals surface area contributed by atoms with Crippen LogP contribution in [0.15, 0.2) is 12.1 Å². The van der Waals surface area contributed by atoms with E-state index in [1.54, 1.807) is 0 Å². The van der Waals surface area contributed by atoms with E-state index in [1.807, 2.05) is 12.1 Å². The molecule has 0 aromatic heterocycles. The second kappa shape index (κ2) is 10.1. The van der Waals surface area contributed by atoms with Gasteiger partial charge in [-0.05, 0) is 17.5 Å². The SMILES string of the molecule is O.[CH2-]C(C)C.[CH2-]Oc1cc2c(cc1C(C)C)OCO2.[W+2]. The maximum absolute atomic E-state index is 5.29. The van der Waals surface area contributed by atoms with E-state index in [2.05, 4.69) is 41.7 Å². The predicted molar refractivity (Wildman–Crippen MR) is 76.4 cm³/mol. The summed E-state index contributed by atoms with van der Waals surface area (Å²) in [4.78, 5) is 0. The van der Waals surface area contributed by atoms with Gasteiger partial charge in [-0.3, -0.25) is 0 Å². The molecule has 20 heavy (non-hydrogen) atoms. The molecule has 0 unspecified atom stereocenters. The molecule has 0 radical (unpaired) electrons. The molecular weight excluding hydrogens is 428 g/mol. The first-order valence-corrected chi connectivity index (χ1v) is 6.14. The Morgan fingerprint density at radius 1 is 1.10 bits per heavy atom. The molecule has 0 fully saturated rings. The number of hydrogen-bond acceptors (Lipinski definition) is 3. The largest absolute Gasteiger partial charge is 2.00 e. The first-order valence-electron chi connectivity index (χ1n) is 6.14. The maximum atomic E-state index is 5.29. The van der Waals surface area contributed by atoms with Crippen molar-refractivity contribution >= 4 is 0 Å². The molecule has 2 rings (SSSR count). The Labute approximate surface area is 136 Å². The third kappa shape index (κ3) is 6.15. The van der Waals surface area contributed by atoms with E-state index in [1.165, 1.54) is 0 Å². The summed E-state index contributed by atoms with van der Waals surface area (Å²) in [5.74, 6) is 3.23. The van der Waals surface area contributed by atoms with Crippen molar-refractivity contribution in [2.24, 2.45) is 5.92 Å². The topological polar surface area (TPSA) is 59.2 Å². The number of fused-ring (bicyclic) bond motifs is 1. The first kappa shape index (κ1) is 21.6. The Morgan fingerprint density at radius 2 is 1.55 bits per heavy atom. The maximum Gasteiger partial charge on any atom is 2.00 e. The summed E-state index contributed by atoms with van der Waals surface area (Å²) < 4.78 is 15.6. The zero-order chi connectivity index (χ0) is 13.7. The molecule has 114 valence electrons. The van der Waals surface area contributed by atoms with Crippen LogP contribution >= 0.6 is 0 Å². The van der Waals surface area contributed by atoms with Gasteiger partial charge < -0.3 is 26.6 Å². The fourth-order valence-electron chi connectivity index (χ4n) is 1.52. The summed E-state index contributed by atoms with van der Waals surface area (Å²) in [6.07, 6.45) is 0. The monoisotopic (exact) mass is 452 g/mol. The molecule has 0 amide bonds. The van der Waals surface area contributed by atoms with Crippen molar-refractivity contribution in [1.29, 1.82) is 0 Å². The van der Waals surface area contributed by atoms with Crippen LogP contribution in [0.3, 0.4) is 0 Å². The van der Waals surface area contributed by atoms with Crippen LogP contribution in [0.4, 0.5) is 0 Å². The summed E-state index contributed by atoms with van der Waals surface area (Å²) in [5, 5.41) is 0. The van der Waals surface area contributed by atoms with Crippen LogP contribution in [-0.2, 0) is 21.1 Å². The van der Waals surface area contributed by atoms with Crippen molar-refractivity contribution in [2.75, 3.05) is 6.79 Å². The van der Waals surface area contributed by atoms with Crippen LogP contribution in [0.2, 0.25) is 0 Å². The number of benzene rings is 1. The molecule has 1 aliphatic heterocycles. The fourth-order valence-corrected chi connectivity index (χ4v) is 1.52. The van der Waals surface area contributed by atoms with Gasteiger partial charge >= 0.3 is 21.1 Å². The second-order valence-electron chi connectivity index (χ2n) is 4.94. The van der Waals surface area contributed by atoms with Gasteiger partial charge in [0.05, 0.1) is 5.75 Å². The second-order valence-corrected chi connectivity index (χ2v) is 4.94. The van der Waals surface area contributed by atoms with Crippen molar-refractivity contribution in [1.82, 2.24) is 0 Å². The van der Waals surface area contributed by atoms with Crippen molar-refractivity contribution in [2.45, 2.75) is 33.6 Å². The average Bonchev–Trinajstić information content (AvgIpc) is 2.73. The van der Waals surface area contributed by atoms with Gasteiger partial charge in [-0.2, -0.15) is 13.0 Å². The van der Waals surface area contributed by atoms with E-state index in [4.69, 9.17) is 14.2 Å². The number of rotatable bonds is 2. The summed E-state index contributed by atoms with van der Waals surface area (Å²) in [5.41, 5.74) is 1.09. The van der Waals surface area contributed by atoms with Gasteiger partial charge in [0.15, 0.2) is 11.5 Å². The predicted octanol–water partition coefficient (Wildman–Crippen LogP) is 3.36. The van der Waals surface area contributed by atoms with Crippen molar-refractivity contribution < 1.29 is 40.8 Å². The molecular formula is C15H24O4W. The van der Waals surface area contributed by atoms with E-state index < -0.39 is 0 Å². The number of ether oxygens (including phenoxy) is 3. The minimum atomic E-state index is 0. The Bertz CT molecular complexity index is 389. The summed E-state index contributed by atoms with van der Waals surface area (Å²) >= 11 is 0. The average molecular weight is 452 g/mol. The third-order valence-electron chi connectivity index (χ3n) is 2.28. The third-order valence-corrected chi connectivity index (χ3v) is 2.28. The van der Waals surface area contributed by atoms with Gasteiger partial charge in [-0.1, -0.05) is 27.7 Å². The van der Waals surface area contributed by atoms with Gasteiger partial charge in [0, 0.05) is 6.07 Å². The molecule has 1 aliphatic rings. The Morgan fingerprint density at radius 3 is 1.95 bits per heavy atom. The molecule has 1 heterocycles. The van der Waals surface area contributed by atoms with Crippen LogP contribution in [0.25, 0.3) is 0 Å². The molecule has 0 aliphatic carbocycles. The van der Waals surface area contributed by atoms with Crippen LogP contribution in [0.5, 0.6) is 17.2 Å². The zero-order valence-corrected chi connectivity index (χ0v) is 15.5. The molecule has 4 nitrogen and oxygen atoms in total. The van der Waals surface area contributed by atoms with Gasteiger partial charge in [0.1, 0.15) is 0 Å². The van der Waals surface area contributed by atoms with Crippen LogP contribution in [0, 0.1) is 20.0 Å². The van der Waals surface area contributed by atoms with Crippen molar-refractivity contribution in [3.05, 3.63) is 31.7 Å². The molecule has 1 aromatic rings. The van der Waals surface area contributed by atoms with Gasteiger partial charge in [0.25, 0.3) is 0 Å².